The number of methoxy groups -OCH3 is 1. The van der Waals surface area contributed by atoms with Crippen molar-refractivity contribution >= 4 is 17.2 Å². The Morgan fingerprint density at radius 3 is 2.48 bits per heavy atom. The molecule has 5 nitrogen and oxygen atoms in total. The summed E-state index contributed by atoms with van der Waals surface area (Å²) in [6.45, 7) is 0.116. The van der Waals surface area contributed by atoms with E-state index in [0.717, 1.165) is 31.0 Å². The van der Waals surface area contributed by atoms with Crippen molar-refractivity contribution in [2.75, 3.05) is 13.7 Å². The van der Waals surface area contributed by atoms with E-state index >= 15 is 0 Å². The normalized spacial score (nSPS) is 27.3. The largest absolute Gasteiger partial charge is 0.468 e. The maximum Gasteiger partial charge on any atom is 0.327 e. The zero-order chi connectivity index (χ0) is 16.6. The van der Waals surface area contributed by atoms with Gasteiger partial charge in [0.2, 0.25) is 11.3 Å². The zero-order valence-corrected chi connectivity index (χ0v) is 13.4. The fourth-order valence-electron chi connectivity index (χ4n) is 3.34. The second-order valence-corrected chi connectivity index (χ2v) is 6.86. The van der Waals surface area contributed by atoms with Crippen LogP contribution in [0.1, 0.15) is 37.4 Å². The van der Waals surface area contributed by atoms with E-state index in [1.54, 1.807) is 0 Å². The summed E-state index contributed by atoms with van der Waals surface area (Å²) in [5.41, 5.74) is -0.725. The maximum absolute atomic E-state index is 13.4. The first-order chi connectivity index (χ1) is 11.0. The van der Waals surface area contributed by atoms with Crippen LogP contribution in [0.5, 0.6) is 0 Å². The van der Waals surface area contributed by atoms with E-state index in [1.807, 2.05) is 0 Å². The molecule has 3 rings (SSSR count). The number of carbonyl (C=O) groups is 1. The average Bonchev–Trinajstić information content (AvgIpc) is 3.13. The molecule has 8 heteroatoms. The Morgan fingerprint density at radius 1 is 1.30 bits per heavy atom. The third-order valence-corrected chi connectivity index (χ3v) is 5.70. The number of nitrogens with zero attached hydrogens (tertiary/aromatic N) is 1. The molecule has 0 radical (unpaired) electrons. The van der Waals surface area contributed by atoms with E-state index in [1.165, 1.54) is 11.4 Å². The van der Waals surface area contributed by atoms with Gasteiger partial charge in [0, 0.05) is 12.6 Å². The maximum atomic E-state index is 13.4. The minimum atomic E-state index is -1.87. The number of rotatable bonds is 3. The molecule has 2 atom stereocenters. The predicted molar refractivity (Wildman–Crippen MR) is 78.2 cm³/mol. The summed E-state index contributed by atoms with van der Waals surface area (Å²) in [6.07, 6.45) is 1.94. The Balaban J connectivity index is 1.88. The van der Waals surface area contributed by atoms with Crippen LogP contribution in [0.15, 0.2) is 18.2 Å². The number of ether oxygens (including phenoxy) is 1. The molecule has 0 amide bonds. The highest BCUT2D eigenvalue weighted by Gasteiger charge is 2.53. The summed E-state index contributed by atoms with van der Waals surface area (Å²) < 4.78 is 50.8. The minimum Gasteiger partial charge on any atom is -0.468 e. The molecular formula is C15H17F2NO4S. The number of esters is 1. The topological polar surface area (TPSA) is 55.8 Å². The lowest BCUT2D eigenvalue weighted by molar-refractivity contribution is -0.151. The number of carbonyl (C=O) groups excluding carboxylic acids is 1. The monoisotopic (exact) mass is 345 g/mol. The van der Waals surface area contributed by atoms with Gasteiger partial charge < -0.3 is 4.74 Å². The molecule has 1 aromatic rings. The molecule has 0 unspecified atom stereocenters. The molecule has 0 bridgehead atoms. The summed E-state index contributed by atoms with van der Waals surface area (Å²) in [6, 6.07) is 3.06. The first-order valence-electron chi connectivity index (χ1n) is 7.37. The second kappa shape index (κ2) is 6.26. The van der Waals surface area contributed by atoms with Gasteiger partial charge in [0.25, 0.3) is 0 Å². The highest BCUT2D eigenvalue weighted by molar-refractivity contribution is 7.78. The van der Waals surface area contributed by atoms with Gasteiger partial charge in [-0.1, -0.05) is 12.8 Å². The van der Waals surface area contributed by atoms with Gasteiger partial charge in [-0.25, -0.2) is 13.0 Å². The molecule has 2 fully saturated rings. The van der Waals surface area contributed by atoms with Crippen LogP contribution >= 0.6 is 0 Å². The van der Waals surface area contributed by atoms with Crippen molar-refractivity contribution in [3.63, 3.8) is 0 Å². The van der Waals surface area contributed by atoms with Crippen molar-refractivity contribution < 1.29 is 26.7 Å². The SMILES string of the molecule is COC(=O)C1(N2C[C@@H](c3cc(F)cc(F)c3)O[S@@]2=O)CCCC1. The van der Waals surface area contributed by atoms with E-state index in [2.05, 4.69) is 0 Å². The number of hydrogen-bond donors (Lipinski definition) is 0. The molecule has 1 aliphatic heterocycles. The van der Waals surface area contributed by atoms with Gasteiger partial charge in [-0.2, -0.15) is 4.31 Å². The smallest absolute Gasteiger partial charge is 0.327 e. The lowest BCUT2D eigenvalue weighted by Gasteiger charge is -2.32. The van der Waals surface area contributed by atoms with Crippen molar-refractivity contribution in [3.8, 4) is 0 Å². The molecule has 23 heavy (non-hydrogen) atoms. The van der Waals surface area contributed by atoms with Gasteiger partial charge in [0.05, 0.1) is 7.11 Å². The fraction of sp³-hybridized carbons (Fsp3) is 0.533. The molecule has 1 aromatic carbocycles. The molecule has 0 aromatic heterocycles. The van der Waals surface area contributed by atoms with Crippen molar-refractivity contribution in [2.45, 2.75) is 37.3 Å². The van der Waals surface area contributed by atoms with Crippen molar-refractivity contribution in [1.82, 2.24) is 4.31 Å². The Kier molecular flexibility index (Phi) is 4.48. The summed E-state index contributed by atoms with van der Waals surface area (Å²) >= 11 is -1.87. The summed E-state index contributed by atoms with van der Waals surface area (Å²) in [4.78, 5) is 12.2. The van der Waals surface area contributed by atoms with Crippen LogP contribution in [0.2, 0.25) is 0 Å². The van der Waals surface area contributed by atoms with Gasteiger partial charge >= 0.3 is 5.97 Å². The quantitative estimate of drug-likeness (QED) is 0.790. The van der Waals surface area contributed by atoms with Crippen molar-refractivity contribution in [2.24, 2.45) is 0 Å². The average molecular weight is 345 g/mol. The Hall–Kier alpha value is -1.38. The standard InChI is InChI=1S/C15H17F2NO4S/c1-21-14(19)15(4-2-3-5-15)18-9-13(22-23(18)20)10-6-11(16)8-12(17)7-10/h6-8,13H,2-5,9H2,1H3/t13-,23-/m0/s1. The van der Waals surface area contributed by atoms with Crippen LogP contribution in [0.3, 0.4) is 0 Å². The molecular weight excluding hydrogens is 328 g/mol. The molecule has 0 N–H and O–H groups in total. The Bertz CT molecular complexity index is 628. The summed E-state index contributed by atoms with van der Waals surface area (Å²) in [7, 11) is 1.29. The molecule has 1 aliphatic carbocycles. The first-order valence-corrected chi connectivity index (χ1v) is 8.40. The van der Waals surface area contributed by atoms with Gasteiger partial charge in [0.15, 0.2) is 0 Å². The third-order valence-electron chi connectivity index (χ3n) is 4.44. The first kappa shape index (κ1) is 16.5. The molecule has 1 saturated heterocycles. The van der Waals surface area contributed by atoms with E-state index in [4.69, 9.17) is 8.92 Å². The number of halogens is 2. The number of hydrogen-bond acceptors (Lipinski definition) is 4. The van der Waals surface area contributed by atoms with Crippen LogP contribution in [-0.4, -0.2) is 33.7 Å². The lowest BCUT2D eigenvalue weighted by Crippen LogP contribution is -2.52. The minimum absolute atomic E-state index is 0.116. The van der Waals surface area contributed by atoms with Crippen LogP contribution < -0.4 is 0 Å². The lowest BCUT2D eigenvalue weighted by atomic mass is 9.96. The van der Waals surface area contributed by atoms with E-state index in [9.17, 15) is 17.8 Å². The van der Waals surface area contributed by atoms with Crippen LogP contribution in [0, 0.1) is 11.6 Å². The Morgan fingerprint density at radius 2 is 1.91 bits per heavy atom. The van der Waals surface area contributed by atoms with Crippen LogP contribution in [-0.2, 0) is 25.0 Å². The second-order valence-electron chi connectivity index (χ2n) is 5.80. The van der Waals surface area contributed by atoms with E-state index < -0.39 is 40.5 Å². The molecule has 126 valence electrons. The van der Waals surface area contributed by atoms with E-state index in [-0.39, 0.29) is 12.1 Å². The van der Waals surface area contributed by atoms with Gasteiger partial charge in [-0.05, 0) is 30.5 Å². The highest BCUT2D eigenvalue weighted by atomic mass is 32.2. The third kappa shape index (κ3) is 2.90. The van der Waals surface area contributed by atoms with Gasteiger partial charge in [0.1, 0.15) is 23.3 Å². The van der Waals surface area contributed by atoms with Crippen molar-refractivity contribution in [1.29, 1.82) is 0 Å². The van der Waals surface area contributed by atoms with Gasteiger partial charge in [-0.3, -0.25) is 8.98 Å². The van der Waals surface area contributed by atoms with E-state index in [0.29, 0.717) is 12.8 Å². The molecule has 1 heterocycles. The molecule has 0 spiro atoms. The Labute approximate surface area is 135 Å². The van der Waals surface area contributed by atoms with Crippen LogP contribution in [0.25, 0.3) is 0 Å². The van der Waals surface area contributed by atoms with Gasteiger partial charge in [-0.15, -0.1) is 0 Å². The summed E-state index contributed by atoms with van der Waals surface area (Å²) in [5.74, 6) is -1.90. The highest BCUT2D eigenvalue weighted by Crippen LogP contribution is 2.42. The zero-order valence-electron chi connectivity index (χ0n) is 12.6. The summed E-state index contributed by atoms with van der Waals surface area (Å²) in [5, 5.41) is 0. The predicted octanol–water partition coefficient (Wildman–Crippen LogP) is 2.40. The number of benzene rings is 1. The molecule has 1 saturated carbocycles. The molecule has 2 aliphatic rings. The van der Waals surface area contributed by atoms with Crippen LogP contribution in [0.4, 0.5) is 8.78 Å². The van der Waals surface area contributed by atoms with Crippen molar-refractivity contribution in [3.05, 3.63) is 35.4 Å². The fourth-order valence-corrected chi connectivity index (χ4v) is 4.61.